The maximum atomic E-state index is 13.3. The number of anilines is 1. The standard InChI is InChI=1S/C17H15BF3N3O3.CH2O2/c1-8-11-5-9(3-4-10(11)16(22)24-23-8)12-6-14(18(25)26)13(17(19,20)21)7-15(12)27-2;2-1-3/h3-7,25-26H,1-2H3,(H2,22,24);1H,(H,2,3). The molecular formula is C18H17BF3N3O5. The third-order valence-corrected chi connectivity index (χ3v) is 4.26. The van der Waals surface area contributed by atoms with Gasteiger partial charge in [0, 0.05) is 16.3 Å². The number of alkyl halides is 3. The lowest BCUT2D eigenvalue weighted by atomic mass is 9.75. The Balaban J connectivity index is 0.00000101. The normalized spacial score (nSPS) is 10.9. The molecule has 30 heavy (non-hydrogen) atoms. The van der Waals surface area contributed by atoms with Crippen molar-refractivity contribution in [1.82, 2.24) is 10.2 Å². The molecule has 0 aliphatic heterocycles. The lowest BCUT2D eigenvalue weighted by molar-refractivity contribution is -0.137. The topological polar surface area (TPSA) is 139 Å². The number of hydrogen-bond donors (Lipinski definition) is 4. The van der Waals surface area contributed by atoms with Crippen molar-refractivity contribution in [3.8, 4) is 16.9 Å². The van der Waals surface area contributed by atoms with Crippen LogP contribution in [0, 0.1) is 6.92 Å². The first kappa shape index (κ1) is 22.9. The number of rotatable bonds is 3. The summed E-state index contributed by atoms with van der Waals surface area (Å²) in [5.41, 5.74) is 5.34. The number of hydrogen-bond acceptors (Lipinski definition) is 7. The first-order valence-corrected chi connectivity index (χ1v) is 8.31. The molecule has 0 fully saturated rings. The van der Waals surface area contributed by atoms with Crippen LogP contribution in [0.15, 0.2) is 30.3 Å². The number of nitrogens with two attached hydrogens (primary N) is 1. The maximum Gasteiger partial charge on any atom is 0.489 e. The van der Waals surface area contributed by atoms with Crippen LogP contribution in [0.25, 0.3) is 21.9 Å². The summed E-state index contributed by atoms with van der Waals surface area (Å²) >= 11 is 0. The second kappa shape index (κ2) is 8.97. The van der Waals surface area contributed by atoms with Gasteiger partial charge in [-0.3, -0.25) is 4.79 Å². The second-order valence-electron chi connectivity index (χ2n) is 6.05. The van der Waals surface area contributed by atoms with Crippen LogP contribution in [0.5, 0.6) is 5.75 Å². The van der Waals surface area contributed by atoms with Gasteiger partial charge in [-0.2, -0.15) is 18.3 Å². The summed E-state index contributed by atoms with van der Waals surface area (Å²) in [6.45, 7) is 1.48. The van der Waals surface area contributed by atoms with E-state index in [-0.39, 0.29) is 23.6 Å². The molecule has 3 rings (SSSR count). The van der Waals surface area contributed by atoms with Gasteiger partial charge >= 0.3 is 13.3 Å². The van der Waals surface area contributed by atoms with Crippen LogP contribution in [0.3, 0.4) is 0 Å². The lowest BCUT2D eigenvalue weighted by Gasteiger charge is -2.18. The number of halogens is 3. The Hall–Kier alpha value is -3.38. The van der Waals surface area contributed by atoms with Gasteiger partial charge in [-0.1, -0.05) is 12.1 Å². The Morgan fingerprint density at radius 1 is 1.13 bits per heavy atom. The van der Waals surface area contributed by atoms with Gasteiger partial charge in [0.1, 0.15) is 5.75 Å². The summed E-state index contributed by atoms with van der Waals surface area (Å²) in [7, 11) is -1.06. The Morgan fingerprint density at radius 2 is 1.77 bits per heavy atom. The Morgan fingerprint density at radius 3 is 2.30 bits per heavy atom. The minimum absolute atomic E-state index is 0.0567. The summed E-state index contributed by atoms with van der Waals surface area (Å²) in [5, 5.41) is 34.9. The number of nitrogen functional groups attached to an aromatic ring is 1. The molecule has 0 unspecified atom stereocenters. The van der Waals surface area contributed by atoms with Crippen LogP contribution in [0.2, 0.25) is 0 Å². The van der Waals surface area contributed by atoms with Gasteiger partial charge in [0.15, 0.2) is 5.82 Å². The van der Waals surface area contributed by atoms with E-state index in [2.05, 4.69) is 10.2 Å². The van der Waals surface area contributed by atoms with Gasteiger partial charge in [0.2, 0.25) is 0 Å². The van der Waals surface area contributed by atoms with E-state index in [9.17, 15) is 23.2 Å². The van der Waals surface area contributed by atoms with E-state index in [0.717, 1.165) is 12.1 Å². The molecule has 2 aromatic carbocycles. The highest BCUT2D eigenvalue weighted by Gasteiger charge is 2.37. The van der Waals surface area contributed by atoms with Gasteiger partial charge in [-0.25, -0.2) is 0 Å². The summed E-state index contributed by atoms with van der Waals surface area (Å²) in [6.07, 6.45) is -4.77. The Bertz CT molecular complexity index is 1080. The molecule has 0 bridgehead atoms. The van der Waals surface area contributed by atoms with E-state index in [1.165, 1.54) is 7.11 Å². The summed E-state index contributed by atoms with van der Waals surface area (Å²) in [4.78, 5) is 8.36. The van der Waals surface area contributed by atoms with Crippen LogP contribution < -0.4 is 15.9 Å². The number of aryl methyl sites for hydroxylation is 1. The molecule has 0 aliphatic carbocycles. The molecule has 12 heteroatoms. The molecule has 0 spiro atoms. The average Bonchev–Trinajstić information content (AvgIpc) is 2.69. The highest BCUT2D eigenvalue weighted by Crippen LogP contribution is 2.37. The lowest BCUT2D eigenvalue weighted by Crippen LogP contribution is -2.36. The largest absolute Gasteiger partial charge is 0.496 e. The molecule has 158 valence electrons. The molecule has 0 saturated heterocycles. The van der Waals surface area contributed by atoms with Gasteiger partial charge in [0.05, 0.1) is 18.4 Å². The van der Waals surface area contributed by atoms with Crippen LogP contribution in [0.4, 0.5) is 19.0 Å². The van der Waals surface area contributed by atoms with E-state index < -0.39 is 24.3 Å². The first-order valence-electron chi connectivity index (χ1n) is 8.31. The van der Waals surface area contributed by atoms with Gasteiger partial charge in [-0.15, -0.1) is 5.10 Å². The zero-order valence-corrected chi connectivity index (χ0v) is 15.8. The number of benzene rings is 2. The molecular weight excluding hydrogens is 406 g/mol. The van der Waals surface area contributed by atoms with Crippen molar-refractivity contribution in [2.75, 3.05) is 12.8 Å². The fourth-order valence-corrected chi connectivity index (χ4v) is 2.92. The highest BCUT2D eigenvalue weighted by atomic mass is 19.4. The van der Waals surface area contributed by atoms with E-state index in [1.54, 1.807) is 25.1 Å². The summed E-state index contributed by atoms with van der Waals surface area (Å²) in [6, 6.07) is 6.81. The summed E-state index contributed by atoms with van der Waals surface area (Å²) in [5.74, 6) is 0.173. The van der Waals surface area contributed by atoms with Crippen molar-refractivity contribution < 1.29 is 37.9 Å². The third-order valence-electron chi connectivity index (χ3n) is 4.26. The monoisotopic (exact) mass is 423 g/mol. The number of carboxylic acid groups (broad SMARTS) is 1. The number of fused-ring (bicyclic) bond motifs is 1. The predicted octanol–water partition coefficient (Wildman–Crippen LogP) is 1.60. The average molecular weight is 423 g/mol. The zero-order chi connectivity index (χ0) is 22.6. The number of carbonyl (C=O) groups is 1. The van der Waals surface area contributed by atoms with Crippen molar-refractivity contribution >= 4 is 35.6 Å². The smallest absolute Gasteiger partial charge is 0.489 e. The Labute approximate surface area is 168 Å². The van der Waals surface area contributed by atoms with Crippen molar-refractivity contribution in [2.24, 2.45) is 0 Å². The molecule has 0 saturated carbocycles. The molecule has 1 heterocycles. The van der Waals surface area contributed by atoms with E-state index in [4.69, 9.17) is 20.4 Å². The fraction of sp³-hybridized carbons (Fsp3) is 0.167. The number of aromatic nitrogens is 2. The molecule has 0 atom stereocenters. The minimum Gasteiger partial charge on any atom is -0.496 e. The number of ether oxygens (including phenoxy) is 1. The van der Waals surface area contributed by atoms with Gasteiger partial charge in [0.25, 0.3) is 6.47 Å². The second-order valence-corrected chi connectivity index (χ2v) is 6.05. The van der Waals surface area contributed by atoms with Crippen LogP contribution in [-0.4, -0.2) is 46.1 Å². The van der Waals surface area contributed by atoms with Crippen molar-refractivity contribution in [3.05, 3.63) is 41.6 Å². The number of methoxy groups -OCH3 is 1. The van der Waals surface area contributed by atoms with Crippen LogP contribution >= 0.6 is 0 Å². The molecule has 5 N–H and O–H groups in total. The van der Waals surface area contributed by atoms with E-state index >= 15 is 0 Å². The zero-order valence-electron chi connectivity index (χ0n) is 15.8. The number of nitrogens with zero attached hydrogens (tertiary/aromatic N) is 2. The molecule has 8 nitrogen and oxygen atoms in total. The van der Waals surface area contributed by atoms with Crippen LogP contribution in [-0.2, 0) is 11.0 Å². The molecule has 0 amide bonds. The molecule has 0 radical (unpaired) electrons. The van der Waals surface area contributed by atoms with Gasteiger partial charge < -0.3 is 25.6 Å². The van der Waals surface area contributed by atoms with Crippen molar-refractivity contribution in [2.45, 2.75) is 13.1 Å². The first-order chi connectivity index (χ1) is 14.0. The van der Waals surface area contributed by atoms with Crippen molar-refractivity contribution in [3.63, 3.8) is 0 Å². The molecule has 0 aliphatic rings. The van der Waals surface area contributed by atoms with Gasteiger partial charge in [-0.05, 0) is 36.1 Å². The minimum atomic E-state index is -4.77. The molecule has 1 aromatic heterocycles. The predicted molar refractivity (Wildman–Crippen MR) is 104 cm³/mol. The quantitative estimate of drug-likeness (QED) is 0.368. The van der Waals surface area contributed by atoms with Crippen molar-refractivity contribution in [1.29, 1.82) is 0 Å². The molecule has 3 aromatic rings. The summed E-state index contributed by atoms with van der Waals surface area (Å²) < 4.78 is 44.9. The highest BCUT2D eigenvalue weighted by molar-refractivity contribution is 6.59. The van der Waals surface area contributed by atoms with E-state index in [0.29, 0.717) is 22.0 Å². The fourth-order valence-electron chi connectivity index (χ4n) is 2.92. The van der Waals surface area contributed by atoms with E-state index in [1.807, 2.05) is 0 Å². The maximum absolute atomic E-state index is 13.3. The Kier molecular flexibility index (Phi) is 6.85. The third kappa shape index (κ3) is 4.61. The SMILES string of the molecule is COc1cc(C(F)(F)F)c(B(O)O)cc1-c1ccc2c(N)nnc(C)c2c1.O=CO. The van der Waals surface area contributed by atoms with Crippen LogP contribution in [0.1, 0.15) is 11.3 Å².